The number of ether oxygens (including phenoxy) is 1. The lowest BCUT2D eigenvalue weighted by molar-refractivity contribution is -0.136. The number of carboxylic acid groups (broad SMARTS) is 1. The van der Waals surface area contributed by atoms with Crippen molar-refractivity contribution in [1.29, 1.82) is 0 Å². The van der Waals surface area contributed by atoms with Gasteiger partial charge in [0.05, 0.1) is 6.42 Å². The first kappa shape index (κ1) is 13.7. The topological polar surface area (TPSA) is 46.5 Å². The number of rotatable bonds is 4. The molecule has 0 unspecified atom stereocenters. The fraction of sp³-hybridized carbons (Fsp3) is 0.417. The zero-order valence-corrected chi connectivity index (χ0v) is 9.27. The lowest BCUT2D eigenvalue weighted by atomic mass is 10.2. The second-order valence-electron chi connectivity index (χ2n) is 2.84. The van der Waals surface area contributed by atoms with Gasteiger partial charge in [-0.1, -0.05) is 30.3 Å². The zero-order valence-electron chi connectivity index (χ0n) is 9.27. The van der Waals surface area contributed by atoms with Crippen molar-refractivity contribution in [3.05, 3.63) is 35.9 Å². The zero-order chi connectivity index (χ0) is 11.5. The van der Waals surface area contributed by atoms with Crippen LogP contribution in [0.4, 0.5) is 0 Å². The molecule has 0 saturated heterocycles. The highest BCUT2D eigenvalue weighted by Gasteiger charge is 1.96. The van der Waals surface area contributed by atoms with Crippen molar-refractivity contribution >= 4 is 5.97 Å². The minimum Gasteiger partial charge on any atom is -0.481 e. The van der Waals surface area contributed by atoms with E-state index < -0.39 is 5.97 Å². The van der Waals surface area contributed by atoms with Crippen LogP contribution >= 0.6 is 0 Å². The molecule has 0 heterocycles. The van der Waals surface area contributed by atoms with Gasteiger partial charge in [0.15, 0.2) is 0 Å². The van der Waals surface area contributed by atoms with E-state index in [1.54, 1.807) is 12.1 Å². The maximum Gasteiger partial charge on any atom is 0.307 e. The van der Waals surface area contributed by atoms with Crippen LogP contribution in [0.3, 0.4) is 0 Å². The molecule has 0 amide bonds. The highest BCUT2D eigenvalue weighted by molar-refractivity contribution is 5.70. The van der Waals surface area contributed by atoms with Gasteiger partial charge in [0.25, 0.3) is 0 Å². The van der Waals surface area contributed by atoms with Gasteiger partial charge in [0.1, 0.15) is 0 Å². The summed E-state index contributed by atoms with van der Waals surface area (Å²) >= 11 is 0. The van der Waals surface area contributed by atoms with Crippen molar-refractivity contribution in [2.75, 3.05) is 13.2 Å². The largest absolute Gasteiger partial charge is 0.481 e. The molecule has 0 fully saturated rings. The number of aliphatic carboxylic acids is 1. The van der Waals surface area contributed by atoms with Crippen LogP contribution in [-0.2, 0) is 16.0 Å². The van der Waals surface area contributed by atoms with Gasteiger partial charge < -0.3 is 9.84 Å². The van der Waals surface area contributed by atoms with E-state index in [0.717, 1.165) is 18.8 Å². The fourth-order valence-electron chi connectivity index (χ4n) is 0.975. The van der Waals surface area contributed by atoms with E-state index in [0.29, 0.717) is 0 Å². The predicted molar refractivity (Wildman–Crippen MR) is 59.9 cm³/mol. The van der Waals surface area contributed by atoms with Crippen molar-refractivity contribution in [2.45, 2.75) is 20.3 Å². The minimum absolute atomic E-state index is 0.112. The molecule has 0 saturated carbocycles. The molecule has 0 bridgehead atoms. The number of carboxylic acids is 1. The van der Waals surface area contributed by atoms with Crippen LogP contribution in [0.25, 0.3) is 0 Å². The normalized spacial score (nSPS) is 8.93. The molecule has 3 nitrogen and oxygen atoms in total. The molecular weight excluding hydrogens is 192 g/mol. The second-order valence-corrected chi connectivity index (χ2v) is 2.84. The number of benzene rings is 1. The molecule has 3 heteroatoms. The average Bonchev–Trinajstić information content (AvgIpc) is 2.20. The van der Waals surface area contributed by atoms with Crippen LogP contribution in [0.1, 0.15) is 19.4 Å². The fourth-order valence-corrected chi connectivity index (χ4v) is 0.975. The Morgan fingerprint density at radius 2 is 1.73 bits per heavy atom. The maximum absolute atomic E-state index is 10.2. The first-order valence-electron chi connectivity index (χ1n) is 5.04. The molecule has 0 aromatic heterocycles. The van der Waals surface area contributed by atoms with E-state index in [1.807, 2.05) is 32.0 Å². The van der Waals surface area contributed by atoms with Gasteiger partial charge in [-0.15, -0.1) is 0 Å². The standard InChI is InChI=1S/C8H8O2.C4H10O/c9-8(10)6-7-4-2-1-3-5-7;1-3-5-4-2/h1-5H,6H2,(H,9,10);3-4H2,1-2H3. The van der Waals surface area contributed by atoms with Gasteiger partial charge in [0, 0.05) is 13.2 Å². The quantitative estimate of drug-likeness (QED) is 0.829. The Kier molecular flexibility index (Phi) is 8.39. The van der Waals surface area contributed by atoms with Crippen LogP contribution < -0.4 is 0 Å². The Morgan fingerprint density at radius 1 is 1.20 bits per heavy atom. The van der Waals surface area contributed by atoms with Gasteiger partial charge >= 0.3 is 5.97 Å². The summed E-state index contributed by atoms with van der Waals surface area (Å²) in [4.78, 5) is 10.2. The summed E-state index contributed by atoms with van der Waals surface area (Å²) in [5, 5.41) is 8.37. The van der Waals surface area contributed by atoms with Crippen LogP contribution in [0.5, 0.6) is 0 Å². The molecule has 1 N–H and O–H groups in total. The molecule has 84 valence electrons. The summed E-state index contributed by atoms with van der Waals surface area (Å²) in [6.45, 7) is 5.67. The Bertz CT molecular complexity index is 255. The number of hydrogen-bond acceptors (Lipinski definition) is 2. The van der Waals surface area contributed by atoms with Crippen LogP contribution in [0, 0.1) is 0 Å². The van der Waals surface area contributed by atoms with Crippen LogP contribution in [0.15, 0.2) is 30.3 Å². The Balaban J connectivity index is 0.000000336. The van der Waals surface area contributed by atoms with Gasteiger partial charge in [-0.3, -0.25) is 4.79 Å². The molecular formula is C12H18O3. The summed E-state index contributed by atoms with van der Waals surface area (Å²) in [6.07, 6.45) is 0.112. The second kappa shape index (κ2) is 9.21. The van der Waals surface area contributed by atoms with E-state index in [-0.39, 0.29) is 6.42 Å². The number of carbonyl (C=O) groups is 1. The van der Waals surface area contributed by atoms with E-state index in [1.165, 1.54) is 0 Å². The van der Waals surface area contributed by atoms with Gasteiger partial charge in [-0.05, 0) is 19.4 Å². The van der Waals surface area contributed by atoms with Crippen molar-refractivity contribution in [1.82, 2.24) is 0 Å². The molecule has 1 aromatic rings. The molecule has 0 aliphatic carbocycles. The third kappa shape index (κ3) is 8.97. The lowest BCUT2D eigenvalue weighted by Gasteiger charge is -1.92. The summed E-state index contributed by atoms with van der Waals surface area (Å²) in [6, 6.07) is 9.13. The molecule has 0 aliphatic rings. The maximum atomic E-state index is 10.2. The molecule has 1 rings (SSSR count). The third-order valence-corrected chi connectivity index (χ3v) is 1.61. The SMILES string of the molecule is CCOCC.O=C(O)Cc1ccccc1. The first-order valence-corrected chi connectivity index (χ1v) is 5.04. The average molecular weight is 210 g/mol. The van der Waals surface area contributed by atoms with Crippen molar-refractivity contribution in [3.8, 4) is 0 Å². The van der Waals surface area contributed by atoms with Gasteiger partial charge in [-0.25, -0.2) is 0 Å². The lowest BCUT2D eigenvalue weighted by Crippen LogP contribution is -1.98. The van der Waals surface area contributed by atoms with Crippen LogP contribution in [0.2, 0.25) is 0 Å². The third-order valence-electron chi connectivity index (χ3n) is 1.61. The van der Waals surface area contributed by atoms with E-state index in [4.69, 9.17) is 9.84 Å². The highest BCUT2D eigenvalue weighted by Crippen LogP contribution is 1.98. The summed E-state index contributed by atoms with van der Waals surface area (Å²) in [5.41, 5.74) is 0.843. The summed E-state index contributed by atoms with van der Waals surface area (Å²) in [7, 11) is 0. The molecule has 0 spiro atoms. The Hall–Kier alpha value is -1.35. The predicted octanol–water partition coefficient (Wildman–Crippen LogP) is 2.36. The van der Waals surface area contributed by atoms with Crippen LogP contribution in [-0.4, -0.2) is 24.3 Å². The van der Waals surface area contributed by atoms with Gasteiger partial charge in [-0.2, -0.15) is 0 Å². The monoisotopic (exact) mass is 210 g/mol. The molecule has 15 heavy (non-hydrogen) atoms. The van der Waals surface area contributed by atoms with E-state index in [9.17, 15) is 4.79 Å². The smallest absolute Gasteiger partial charge is 0.307 e. The molecule has 0 aliphatic heterocycles. The van der Waals surface area contributed by atoms with E-state index in [2.05, 4.69) is 0 Å². The van der Waals surface area contributed by atoms with E-state index >= 15 is 0 Å². The van der Waals surface area contributed by atoms with Crippen molar-refractivity contribution in [2.24, 2.45) is 0 Å². The van der Waals surface area contributed by atoms with Crippen molar-refractivity contribution < 1.29 is 14.6 Å². The number of hydrogen-bond donors (Lipinski definition) is 1. The summed E-state index contributed by atoms with van der Waals surface area (Å²) < 4.78 is 4.83. The molecule has 0 atom stereocenters. The molecule has 0 radical (unpaired) electrons. The Labute approximate surface area is 90.7 Å². The highest BCUT2D eigenvalue weighted by atomic mass is 16.5. The van der Waals surface area contributed by atoms with Crippen molar-refractivity contribution in [3.63, 3.8) is 0 Å². The minimum atomic E-state index is -0.786. The summed E-state index contributed by atoms with van der Waals surface area (Å²) in [5.74, 6) is -0.786. The first-order chi connectivity index (χ1) is 7.20. The molecule has 1 aromatic carbocycles. The van der Waals surface area contributed by atoms with Gasteiger partial charge in [0.2, 0.25) is 0 Å². The Morgan fingerprint density at radius 3 is 2.07 bits per heavy atom.